The third-order valence-corrected chi connectivity index (χ3v) is 7.61. The molecule has 0 spiro atoms. The van der Waals surface area contributed by atoms with E-state index in [0.29, 0.717) is 16.8 Å². The molecule has 4 rings (SSSR count). The highest BCUT2D eigenvalue weighted by molar-refractivity contribution is 7.89. The third kappa shape index (κ3) is 4.73. The number of aryl methyl sites for hydroxylation is 3. The molecule has 0 aliphatic carbocycles. The van der Waals surface area contributed by atoms with Crippen molar-refractivity contribution in [1.82, 2.24) is 13.9 Å². The number of benzene rings is 3. The van der Waals surface area contributed by atoms with E-state index in [2.05, 4.69) is 10.0 Å². The Balaban J connectivity index is 1.74. The molecule has 0 fully saturated rings. The number of fused-ring (bicyclic) bond motifs is 1. The summed E-state index contributed by atoms with van der Waals surface area (Å²) in [6.07, 6.45) is 0. The predicted octanol–water partition coefficient (Wildman–Crippen LogP) is 2.51. The highest BCUT2D eigenvalue weighted by Gasteiger charge is 2.28. The van der Waals surface area contributed by atoms with Crippen LogP contribution in [0.25, 0.3) is 10.9 Å². The molecule has 0 radical (unpaired) electrons. The van der Waals surface area contributed by atoms with Gasteiger partial charge < -0.3 is 5.32 Å². The summed E-state index contributed by atoms with van der Waals surface area (Å²) in [7, 11) is -1.43. The highest BCUT2D eigenvalue weighted by atomic mass is 32.2. The highest BCUT2D eigenvalue weighted by Crippen LogP contribution is 2.22. The number of aromatic nitrogens is 2. The molecule has 0 saturated carbocycles. The van der Waals surface area contributed by atoms with Crippen LogP contribution in [0.15, 0.2) is 81.2 Å². The summed E-state index contributed by atoms with van der Waals surface area (Å²) in [5, 5.41) is 2.85. The van der Waals surface area contributed by atoms with Crippen LogP contribution >= 0.6 is 0 Å². The molecule has 0 unspecified atom stereocenters. The smallest absolute Gasteiger partial charge is 0.324 e. The number of sulfonamides is 1. The Bertz CT molecular complexity index is 1710. The average molecular weight is 507 g/mol. The Hall–Kier alpha value is -4.02. The van der Waals surface area contributed by atoms with Crippen molar-refractivity contribution in [2.24, 2.45) is 14.1 Å². The van der Waals surface area contributed by atoms with Crippen LogP contribution in [0.3, 0.4) is 0 Å². The van der Waals surface area contributed by atoms with Gasteiger partial charge >= 0.3 is 5.69 Å². The van der Waals surface area contributed by atoms with Crippen LogP contribution in [-0.4, -0.2) is 23.5 Å². The summed E-state index contributed by atoms with van der Waals surface area (Å²) in [5.41, 5.74) is 2.20. The maximum Gasteiger partial charge on any atom is 0.330 e. The first-order chi connectivity index (χ1) is 17.0. The van der Waals surface area contributed by atoms with Crippen molar-refractivity contribution in [3.8, 4) is 0 Å². The molecule has 3 aromatic carbocycles. The molecule has 2 N–H and O–H groups in total. The first-order valence-electron chi connectivity index (χ1n) is 11.1. The zero-order valence-corrected chi connectivity index (χ0v) is 21.1. The number of nitrogens with zero attached hydrogens (tertiary/aromatic N) is 2. The summed E-state index contributed by atoms with van der Waals surface area (Å²) in [4.78, 5) is 37.9. The van der Waals surface area contributed by atoms with Crippen LogP contribution < -0.4 is 21.3 Å². The largest absolute Gasteiger partial charge is 0.330 e. The van der Waals surface area contributed by atoms with Crippen molar-refractivity contribution in [2.75, 3.05) is 5.32 Å². The van der Waals surface area contributed by atoms with Crippen molar-refractivity contribution in [2.45, 2.75) is 24.8 Å². The zero-order valence-electron chi connectivity index (χ0n) is 20.3. The first kappa shape index (κ1) is 25.1. The van der Waals surface area contributed by atoms with Crippen molar-refractivity contribution in [3.63, 3.8) is 0 Å². The summed E-state index contributed by atoms with van der Waals surface area (Å²) >= 11 is 0. The summed E-state index contributed by atoms with van der Waals surface area (Å²) in [6, 6.07) is 16.6. The van der Waals surface area contributed by atoms with Gasteiger partial charge in [0, 0.05) is 19.8 Å². The molecule has 4 aromatic rings. The quantitative estimate of drug-likeness (QED) is 0.417. The van der Waals surface area contributed by atoms with Gasteiger partial charge in [-0.2, -0.15) is 4.72 Å². The second-order valence-corrected chi connectivity index (χ2v) is 10.4. The Morgan fingerprint density at radius 2 is 1.56 bits per heavy atom. The van der Waals surface area contributed by atoms with Gasteiger partial charge in [0.25, 0.3) is 5.56 Å². The third-order valence-electron chi connectivity index (χ3n) is 6.19. The molecular formula is C26H26N4O5S. The van der Waals surface area contributed by atoms with Gasteiger partial charge in [-0.3, -0.25) is 18.7 Å². The number of hydrogen-bond acceptors (Lipinski definition) is 5. The molecule has 0 aliphatic rings. The number of carbonyl (C=O) groups is 1. The zero-order chi connectivity index (χ0) is 26.2. The van der Waals surface area contributed by atoms with Crippen LogP contribution in [0.2, 0.25) is 0 Å². The Morgan fingerprint density at radius 1 is 0.861 bits per heavy atom. The fraction of sp³-hybridized carbons (Fsp3) is 0.192. The van der Waals surface area contributed by atoms with Crippen molar-refractivity contribution < 1.29 is 13.2 Å². The number of hydrogen-bond donors (Lipinski definition) is 2. The van der Waals surface area contributed by atoms with Gasteiger partial charge in [-0.15, -0.1) is 0 Å². The van der Waals surface area contributed by atoms with Gasteiger partial charge in [0.15, 0.2) is 0 Å². The van der Waals surface area contributed by atoms with Gasteiger partial charge in [-0.05, 0) is 60.9 Å². The lowest BCUT2D eigenvalue weighted by molar-refractivity contribution is -0.117. The molecule has 0 saturated heterocycles. The van der Waals surface area contributed by atoms with Crippen LogP contribution in [0.1, 0.15) is 22.7 Å². The minimum Gasteiger partial charge on any atom is -0.324 e. The lowest BCUT2D eigenvalue weighted by atomic mass is 10.1. The Labute approximate surface area is 208 Å². The molecular weight excluding hydrogens is 480 g/mol. The molecule has 1 aromatic heterocycles. The van der Waals surface area contributed by atoms with E-state index in [1.807, 2.05) is 26.0 Å². The molecule has 1 atom stereocenters. The van der Waals surface area contributed by atoms with E-state index in [1.165, 1.54) is 36.9 Å². The van der Waals surface area contributed by atoms with E-state index in [1.54, 1.807) is 36.4 Å². The average Bonchev–Trinajstić information content (AvgIpc) is 2.87. The van der Waals surface area contributed by atoms with Crippen molar-refractivity contribution in [3.05, 3.63) is 104 Å². The number of nitrogens with one attached hydrogen (secondary N) is 2. The molecule has 0 bridgehead atoms. The topological polar surface area (TPSA) is 119 Å². The summed E-state index contributed by atoms with van der Waals surface area (Å²) in [6.45, 7) is 3.87. The fourth-order valence-electron chi connectivity index (χ4n) is 3.92. The molecule has 1 heterocycles. The maximum atomic E-state index is 13.4. The van der Waals surface area contributed by atoms with Gasteiger partial charge in [0.05, 0.1) is 15.8 Å². The summed E-state index contributed by atoms with van der Waals surface area (Å²) in [5.74, 6) is -0.563. The van der Waals surface area contributed by atoms with Gasteiger partial charge in [0.1, 0.15) is 6.04 Å². The van der Waals surface area contributed by atoms with E-state index in [-0.39, 0.29) is 10.3 Å². The molecule has 0 aliphatic heterocycles. The minimum atomic E-state index is -4.25. The molecule has 10 heteroatoms. The van der Waals surface area contributed by atoms with E-state index in [9.17, 15) is 22.8 Å². The van der Waals surface area contributed by atoms with Gasteiger partial charge in [0.2, 0.25) is 15.9 Å². The Kier molecular flexibility index (Phi) is 6.66. The molecule has 1 amide bonds. The standard InChI is InChI=1S/C26H26N4O5S/c1-16-10-11-19(14-17(16)2)27-24(31)23(18-8-6-5-7-9-18)28-36(34,35)20-12-13-22-21(15-20)25(32)30(4)26(33)29(22)3/h5-15,23,28H,1-4H3,(H,27,31)/t23-/m0/s1. The maximum absolute atomic E-state index is 13.4. The molecule has 9 nitrogen and oxygen atoms in total. The Morgan fingerprint density at radius 3 is 2.22 bits per heavy atom. The number of amides is 1. The second kappa shape index (κ2) is 9.56. The van der Waals surface area contributed by atoms with Gasteiger partial charge in [-0.25, -0.2) is 13.2 Å². The van der Waals surface area contributed by atoms with Crippen LogP contribution in [0.4, 0.5) is 5.69 Å². The van der Waals surface area contributed by atoms with E-state index < -0.39 is 33.2 Å². The number of anilines is 1. The molecule has 36 heavy (non-hydrogen) atoms. The lowest BCUT2D eigenvalue weighted by Gasteiger charge is -2.20. The predicted molar refractivity (Wildman–Crippen MR) is 138 cm³/mol. The van der Waals surface area contributed by atoms with Crippen molar-refractivity contribution in [1.29, 1.82) is 0 Å². The van der Waals surface area contributed by atoms with E-state index in [4.69, 9.17) is 0 Å². The van der Waals surface area contributed by atoms with Crippen LogP contribution in [-0.2, 0) is 28.9 Å². The van der Waals surface area contributed by atoms with Crippen LogP contribution in [0, 0.1) is 13.8 Å². The number of carbonyl (C=O) groups excluding carboxylic acids is 1. The SMILES string of the molecule is Cc1ccc(NC(=O)[C@@H](NS(=O)(=O)c2ccc3c(c2)c(=O)n(C)c(=O)n3C)c2ccccc2)cc1C. The second-order valence-electron chi connectivity index (χ2n) is 8.64. The molecule has 186 valence electrons. The normalized spacial score (nSPS) is 12.4. The summed E-state index contributed by atoms with van der Waals surface area (Å²) < 4.78 is 31.5. The first-order valence-corrected chi connectivity index (χ1v) is 12.6. The van der Waals surface area contributed by atoms with Crippen LogP contribution in [0.5, 0.6) is 0 Å². The van der Waals surface area contributed by atoms with E-state index >= 15 is 0 Å². The van der Waals surface area contributed by atoms with Crippen molar-refractivity contribution >= 4 is 32.5 Å². The number of rotatable bonds is 6. The monoisotopic (exact) mass is 506 g/mol. The fourth-order valence-corrected chi connectivity index (χ4v) is 5.13. The van der Waals surface area contributed by atoms with Gasteiger partial charge in [-0.1, -0.05) is 36.4 Å². The minimum absolute atomic E-state index is 0.0679. The lowest BCUT2D eigenvalue weighted by Crippen LogP contribution is -2.38. The van der Waals surface area contributed by atoms with E-state index in [0.717, 1.165) is 15.7 Å².